The van der Waals surface area contributed by atoms with Crippen molar-refractivity contribution >= 4 is 23.6 Å². The molecule has 182 valence electrons. The number of carboxylic acid groups (broad SMARTS) is 1. The summed E-state index contributed by atoms with van der Waals surface area (Å²) in [6.07, 6.45) is 5.74. The SMILES string of the molecule is COc1cnc2c(c1)CN(SC)c1c(C)c(CC(=O)O)c(-c3ccc4c(c3C)CCCO4)c(C)c1-2. The maximum atomic E-state index is 12.1. The van der Waals surface area contributed by atoms with Gasteiger partial charge < -0.3 is 18.9 Å². The zero-order valence-electron chi connectivity index (χ0n) is 20.8. The smallest absolute Gasteiger partial charge is 0.307 e. The first-order valence-electron chi connectivity index (χ1n) is 11.8. The van der Waals surface area contributed by atoms with Crippen molar-refractivity contribution in [1.29, 1.82) is 0 Å². The maximum Gasteiger partial charge on any atom is 0.307 e. The van der Waals surface area contributed by atoms with Gasteiger partial charge in [0.1, 0.15) is 11.5 Å². The van der Waals surface area contributed by atoms with E-state index in [0.717, 1.165) is 86.8 Å². The molecule has 2 aliphatic heterocycles. The van der Waals surface area contributed by atoms with Gasteiger partial charge in [0.2, 0.25) is 0 Å². The summed E-state index contributed by atoms with van der Waals surface area (Å²) in [6.45, 7) is 7.70. The van der Waals surface area contributed by atoms with Gasteiger partial charge in [0.25, 0.3) is 0 Å². The maximum absolute atomic E-state index is 12.1. The molecule has 3 aromatic rings. The molecule has 0 bridgehead atoms. The second kappa shape index (κ2) is 9.11. The molecule has 0 saturated heterocycles. The van der Waals surface area contributed by atoms with Crippen molar-refractivity contribution in [3.8, 4) is 33.9 Å². The van der Waals surface area contributed by atoms with Crippen LogP contribution in [0.3, 0.4) is 0 Å². The molecule has 0 aliphatic carbocycles. The van der Waals surface area contributed by atoms with Crippen LogP contribution in [0, 0.1) is 20.8 Å². The molecule has 0 fully saturated rings. The third kappa shape index (κ3) is 3.82. The Morgan fingerprint density at radius 2 is 2.00 bits per heavy atom. The van der Waals surface area contributed by atoms with Crippen molar-refractivity contribution in [3.63, 3.8) is 0 Å². The van der Waals surface area contributed by atoms with Crippen LogP contribution in [0.2, 0.25) is 0 Å². The zero-order valence-corrected chi connectivity index (χ0v) is 21.6. The minimum atomic E-state index is -0.831. The van der Waals surface area contributed by atoms with Crippen molar-refractivity contribution < 1.29 is 19.4 Å². The average Bonchev–Trinajstić information content (AvgIpc) is 2.86. The van der Waals surface area contributed by atoms with Gasteiger partial charge >= 0.3 is 5.97 Å². The largest absolute Gasteiger partial charge is 0.495 e. The normalized spacial score (nSPS) is 14.0. The van der Waals surface area contributed by atoms with Crippen LogP contribution >= 0.6 is 11.9 Å². The number of anilines is 1. The van der Waals surface area contributed by atoms with E-state index in [-0.39, 0.29) is 6.42 Å². The molecule has 2 aromatic carbocycles. The summed E-state index contributed by atoms with van der Waals surface area (Å²) >= 11 is 1.64. The molecule has 0 amide bonds. The Morgan fingerprint density at radius 3 is 2.71 bits per heavy atom. The summed E-state index contributed by atoms with van der Waals surface area (Å²) in [5, 5.41) is 9.89. The van der Waals surface area contributed by atoms with Gasteiger partial charge in [0, 0.05) is 17.4 Å². The van der Waals surface area contributed by atoms with Gasteiger partial charge in [0.05, 0.1) is 44.3 Å². The number of hydrogen-bond acceptors (Lipinski definition) is 6. The monoisotopic (exact) mass is 490 g/mol. The molecule has 2 aliphatic rings. The van der Waals surface area contributed by atoms with Crippen LogP contribution in [-0.4, -0.2) is 36.0 Å². The van der Waals surface area contributed by atoms with Gasteiger partial charge in [-0.3, -0.25) is 9.78 Å². The number of aromatic nitrogens is 1. The lowest BCUT2D eigenvalue weighted by Gasteiger charge is -2.35. The van der Waals surface area contributed by atoms with Gasteiger partial charge in [-0.05, 0) is 84.7 Å². The number of fused-ring (bicyclic) bond motifs is 4. The molecular weight excluding hydrogens is 460 g/mol. The summed E-state index contributed by atoms with van der Waals surface area (Å²) in [7, 11) is 1.65. The number of rotatable bonds is 5. The summed E-state index contributed by atoms with van der Waals surface area (Å²) in [5.74, 6) is 0.843. The molecule has 7 heteroatoms. The van der Waals surface area contributed by atoms with E-state index < -0.39 is 5.97 Å². The van der Waals surface area contributed by atoms with Crippen LogP contribution in [0.15, 0.2) is 24.4 Å². The fourth-order valence-corrected chi connectivity index (χ4v) is 6.28. The van der Waals surface area contributed by atoms with Gasteiger partial charge in [-0.1, -0.05) is 18.0 Å². The average molecular weight is 491 g/mol. The number of benzene rings is 2. The van der Waals surface area contributed by atoms with E-state index >= 15 is 0 Å². The van der Waals surface area contributed by atoms with Gasteiger partial charge in [-0.2, -0.15) is 0 Å². The molecule has 0 atom stereocenters. The Balaban J connectivity index is 1.85. The molecule has 0 spiro atoms. The van der Waals surface area contributed by atoms with E-state index in [0.29, 0.717) is 6.54 Å². The first kappa shape index (κ1) is 23.5. The quantitative estimate of drug-likeness (QED) is 0.447. The summed E-state index contributed by atoms with van der Waals surface area (Å²) < 4.78 is 13.6. The Labute approximate surface area is 210 Å². The van der Waals surface area contributed by atoms with E-state index in [4.69, 9.17) is 14.5 Å². The number of carboxylic acids is 1. The van der Waals surface area contributed by atoms with Crippen molar-refractivity contribution in [2.75, 3.05) is 24.3 Å². The van der Waals surface area contributed by atoms with E-state index in [1.165, 1.54) is 5.56 Å². The third-order valence-electron chi connectivity index (χ3n) is 7.28. The lowest BCUT2D eigenvalue weighted by Crippen LogP contribution is -2.23. The minimum absolute atomic E-state index is 0.0343. The number of nitrogens with zero attached hydrogens (tertiary/aromatic N) is 2. The highest BCUT2D eigenvalue weighted by Crippen LogP contribution is 2.51. The Bertz CT molecular complexity index is 1350. The van der Waals surface area contributed by atoms with Gasteiger partial charge in [0.15, 0.2) is 0 Å². The second-order valence-corrected chi connectivity index (χ2v) is 9.97. The predicted molar refractivity (Wildman–Crippen MR) is 141 cm³/mol. The fraction of sp³-hybridized carbons (Fsp3) is 0.357. The van der Waals surface area contributed by atoms with Crippen LogP contribution in [-0.2, 0) is 24.2 Å². The van der Waals surface area contributed by atoms with Crippen LogP contribution in [0.1, 0.15) is 39.8 Å². The number of hydrogen-bond donors (Lipinski definition) is 1. The Kier molecular flexibility index (Phi) is 6.13. The lowest BCUT2D eigenvalue weighted by molar-refractivity contribution is -0.136. The highest BCUT2D eigenvalue weighted by atomic mass is 32.2. The van der Waals surface area contributed by atoms with Crippen LogP contribution in [0.25, 0.3) is 22.4 Å². The highest BCUT2D eigenvalue weighted by Gasteiger charge is 2.32. The topological polar surface area (TPSA) is 71.9 Å². The Hall–Kier alpha value is -3.19. The van der Waals surface area contributed by atoms with E-state index in [1.807, 2.05) is 6.07 Å². The number of carbonyl (C=O) groups is 1. The van der Waals surface area contributed by atoms with E-state index in [9.17, 15) is 9.90 Å². The number of ether oxygens (including phenoxy) is 2. The third-order valence-corrected chi connectivity index (χ3v) is 8.03. The molecule has 0 radical (unpaired) electrons. The second-order valence-electron chi connectivity index (χ2n) is 9.17. The van der Waals surface area contributed by atoms with Crippen molar-refractivity contribution in [3.05, 3.63) is 57.8 Å². The van der Waals surface area contributed by atoms with E-state index in [2.05, 4.69) is 43.5 Å². The molecule has 0 unspecified atom stereocenters. The first-order chi connectivity index (χ1) is 16.8. The number of methoxy groups -OCH3 is 1. The van der Waals surface area contributed by atoms with Crippen LogP contribution in [0.5, 0.6) is 11.5 Å². The van der Waals surface area contributed by atoms with Crippen molar-refractivity contribution in [2.45, 2.75) is 46.6 Å². The summed E-state index contributed by atoms with van der Waals surface area (Å²) in [5.41, 5.74) is 11.5. The van der Waals surface area contributed by atoms with Crippen molar-refractivity contribution in [2.24, 2.45) is 0 Å². The lowest BCUT2D eigenvalue weighted by atomic mass is 9.80. The fourth-order valence-electron chi connectivity index (χ4n) is 5.60. The number of aliphatic carboxylic acids is 1. The van der Waals surface area contributed by atoms with Gasteiger partial charge in [-0.15, -0.1) is 0 Å². The zero-order chi connectivity index (χ0) is 24.9. The molecule has 1 N–H and O–H groups in total. The summed E-state index contributed by atoms with van der Waals surface area (Å²) in [6, 6.07) is 6.19. The first-order valence-corrected chi connectivity index (χ1v) is 13.0. The van der Waals surface area contributed by atoms with Crippen LogP contribution in [0.4, 0.5) is 5.69 Å². The van der Waals surface area contributed by atoms with Crippen molar-refractivity contribution in [1.82, 2.24) is 4.98 Å². The standard InChI is InChI=1S/C28H30N2O4S/c1-15-20-7-6-10-34-23(20)9-8-21(15)25-17(3)26-27-18(11-19(33-4)13-29-27)14-30(35-5)28(26)16(2)22(25)12-24(31)32/h8-9,11,13H,6-7,10,12,14H2,1-5H3,(H,31,32). The molecular formula is C28H30N2O4S. The highest BCUT2D eigenvalue weighted by molar-refractivity contribution is 7.99. The van der Waals surface area contributed by atoms with Gasteiger partial charge in [-0.25, -0.2) is 0 Å². The molecule has 5 rings (SSSR count). The minimum Gasteiger partial charge on any atom is -0.495 e. The molecule has 6 nitrogen and oxygen atoms in total. The summed E-state index contributed by atoms with van der Waals surface area (Å²) in [4.78, 5) is 16.9. The van der Waals surface area contributed by atoms with Crippen LogP contribution < -0.4 is 13.8 Å². The molecule has 3 heterocycles. The molecule has 0 saturated carbocycles. The predicted octanol–water partition coefficient (Wildman–Crippen LogP) is 5.90. The molecule has 1 aromatic heterocycles. The molecule has 35 heavy (non-hydrogen) atoms. The van der Waals surface area contributed by atoms with E-state index in [1.54, 1.807) is 25.3 Å². The Morgan fingerprint density at radius 1 is 1.20 bits per heavy atom. The number of pyridine rings is 1.